The second-order valence-electron chi connectivity index (χ2n) is 2.82. The lowest BCUT2D eigenvalue weighted by atomic mass is 10.2. The monoisotopic (exact) mass is 252 g/mol. The van der Waals surface area contributed by atoms with Gasteiger partial charge in [0.05, 0.1) is 5.69 Å². The van der Waals surface area contributed by atoms with Crippen LogP contribution in [0.3, 0.4) is 0 Å². The van der Waals surface area contributed by atoms with Crippen molar-refractivity contribution in [1.82, 2.24) is 14.8 Å². The molecule has 0 aliphatic rings. The third kappa shape index (κ3) is 1.69. The molecule has 1 heterocycles. The van der Waals surface area contributed by atoms with Crippen molar-refractivity contribution in [3.63, 3.8) is 0 Å². The van der Waals surface area contributed by atoms with Gasteiger partial charge in [-0.15, -0.1) is 0 Å². The van der Waals surface area contributed by atoms with Gasteiger partial charge in [0.1, 0.15) is 12.7 Å². The fourth-order valence-corrected chi connectivity index (χ4v) is 1.61. The van der Waals surface area contributed by atoms with Gasteiger partial charge in [-0.2, -0.15) is 5.10 Å². The van der Waals surface area contributed by atoms with Crippen molar-refractivity contribution in [3.8, 4) is 5.69 Å². The van der Waals surface area contributed by atoms with Gasteiger partial charge in [-0.3, -0.25) is 0 Å². The molecule has 0 saturated heterocycles. The lowest BCUT2D eigenvalue weighted by Crippen LogP contribution is -2.00. The van der Waals surface area contributed by atoms with Crippen molar-refractivity contribution in [2.24, 2.45) is 5.73 Å². The average Bonchev–Trinajstić information content (AvgIpc) is 2.71. The molecule has 0 fully saturated rings. The van der Waals surface area contributed by atoms with Gasteiger partial charge < -0.3 is 5.73 Å². The van der Waals surface area contributed by atoms with E-state index >= 15 is 0 Å². The normalized spacial score (nSPS) is 10.4. The number of hydrogen-bond acceptors (Lipinski definition) is 3. The molecule has 14 heavy (non-hydrogen) atoms. The van der Waals surface area contributed by atoms with Crippen molar-refractivity contribution in [1.29, 1.82) is 0 Å². The maximum atomic E-state index is 5.60. The molecule has 1 aromatic carbocycles. The first-order valence-electron chi connectivity index (χ1n) is 4.15. The van der Waals surface area contributed by atoms with Crippen LogP contribution in [0.1, 0.15) is 5.56 Å². The Balaban J connectivity index is 2.46. The zero-order chi connectivity index (χ0) is 9.97. The number of halogens is 1. The summed E-state index contributed by atoms with van der Waals surface area (Å²) in [7, 11) is 0. The second-order valence-corrected chi connectivity index (χ2v) is 3.67. The molecule has 0 atom stereocenters. The molecular formula is C9H9BrN4. The smallest absolute Gasteiger partial charge is 0.138 e. The largest absolute Gasteiger partial charge is 0.326 e. The summed E-state index contributed by atoms with van der Waals surface area (Å²) in [4.78, 5) is 3.89. The predicted octanol–water partition coefficient (Wildman–Crippen LogP) is 1.49. The lowest BCUT2D eigenvalue weighted by Gasteiger charge is -2.05. The Hall–Kier alpha value is -1.20. The highest BCUT2D eigenvalue weighted by molar-refractivity contribution is 9.10. The SMILES string of the molecule is NCc1cc(-n2cncn2)ccc1Br. The molecule has 5 heteroatoms. The number of benzene rings is 1. The lowest BCUT2D eigenvalue weighted by molar-refractivity contribution is 0.874. The molecule has 2 rings (SSSR count). The average molecular weight is 253 g/mol. The van der Waals surface area contributed by atoms with Crippen LogP contribution in [0.25, 0.3) is 5.69 Å². The van der Waals surface area contributed by atoms with Crippen LogP contribution in [-0.2, 0) is 6.54 Å². The fraction of sp³-hybridized carbons (Fsp3) is 0.111. The minimum absolute atomic E-state index is 0.503. The van der Waals surface area contributed by atoms with Crippen molar-refractivity contribution >= 4 is 15.9 Å². The first kappa shape index (κ1) is 9.36. The molecule has 0 radical (unpaired) electrons. The highest BCUT2D eigenvalue weighted by Gasteiger charge is 2.01. The summed E-state index contributed by atoms with van der Waals surface area (Å²) in [6, 6.07) is 5.90. The summed E-state index contributed by atoms with van der Waals surface area (Å²) in [6.45, 7) is 0.503. The summed E-state index contributed by atoms with van der Waals surface area (Å²) >= 11 is 3.43. The van der Waals surface area contributed by atoms with E-state index in [4.69, 9.17) is 5.73 Å². The Morgan fingerprint density at radius 1 is 1.43 bits per heavy atom. The predicted molar refractivity (Wildman–Crippen MR) is 57.0 cm³/mol. The Labute approximate surface area is 89.9 Å². The van der Waals surface area contributed by atoms with E-state index in [0.717, 1.165) is 15.7 Å². The fourth-order valence-electron chi connectivity index (χ4n) is 1.20. The number of rotatable bonds is 2. The van der Waals surface area contributed by atoms with E-state index in [9.17, 15) is 0 Å². The zero-order valence-electron chi connectivity index (χ0n) is 7.39. The second kappa shape index (κ2) is 3.89. The van der Waals surface area contributed by atoms with Gasteiger partial charge in [-0.1, -0.05) is 15.9 Å². The molecular weight excluding hydrogens is 244 g/mol. The number of hydrogen-bond donors (Lipinski definition) is 1. The van der Waals surface area contributed by atoms with Crippen LogP contribution >= 0.6 is 15.9 Å². The highest BCUT2D eigenvalue weighted by Crippen LogP contribution is 2.19. The van der Waals surface area contributed by atoms with E-state index in [-0.39, 0.29) is 0 Å². The molecule has 2 aromatic rings. The maximum absolute atomic E-state index is 5.60. The van der Waals surface area contributed by atoms with Gasteiger partial charge in [0.15, 0.2) is 0 Å². The van der Waals surface area contributed by atoms with Gasteiger partial charge in [-0.05, 0) is 23.8 Å². The van der Waals surface area contributed by atoms with Crippen molar-refractivity contribution in [3.05, 3.63) is 40.9 Å². The number of aromatic nitrogens is 3. The molecule has 0 unspecified atom stereocenters. The summed E-state index contributed by atoms with van der Waals surface area (Å²) in [5.41, 5.74) is 7.62. The number of nitrogens with two attached hydrogens (primary N) is 1. The van der Waals surface area contributed by atoms with Gasteiger partial charge in [0, 0.05) is 11.0 Å². The van der Waals surface area contributed by atoms with E-state index in [1.54, 1.807) is 11.0 Å². The summed E-state index contributed by atoms with van der Waals surface area (Å²) in [5, 5.41) is 4.04. The Morgan fingerprint density at radius 2 is 2.29 bits per heavy atom. The summed E-state index contributed by atoms with van der Waals surface area (Å²) < 4.78 is 2.72. The molecule has 0 spiro atoms. The van der Waals surface area contributed by atoms with Crippen LogP contribution in [0.4, 0.5) is 0 Å². The van der Waals surface area contributed by atoms with Crippen molar-refractivity contribution in [2.75, 3.05) is 0 Å². The van der Waals surface area contributed by atoms with Gasteiger partial charge in [0.25, 0.3) is 0 Å². The molecule has 2 N–H and O–H groups in total. The Morgan fingerprint density at radius 3 is 2.93 bits per heavy atom. The number of nitrogens with zero attached hydrogens (tertiary/aromatic N) is 3. The van der Waals surface area contributed by atoms with Crippen LogP contribution in [-0.4, -0.2) is 14.8 Å². The van der Waals surface area contributed by atoms with Gasteiger partial charge in [0.2, 0.25) is 0 Å². The molecule has 4 nitrogen and oxygen atoms in total. The van der Waals surface area contributed by atoms with Crippen molar-refractivity contribution < 1.29 is 0 Å². The summed E-state index contributed by atoms with van der Waals surface area (Å²) in [5.74, 6) is 0. The third-order valence-electron chi connectivity index (χ3n) is 1.93. The van der Waals surface area contributed by atoms with E-state index in [1.807, 2.05) is 18.2 Å². The molecule has 0 saturated carbocycles. The van der Waals surface area contributed by atoms with Crippen LogP contribution in [0, 0.1) is 0 Å². The highest BCUT2D eigenvalue weighted by atomic mass is 79.9. The topological polar surface area (TPSA) is 56.7 Å². The van der Waals surface area contributed by atoms with Crippen LogP contribution in [0.5, 0.6) is 0 Å². The molecule has 1 aromatic heterocycles. The Bertz CT molecular complexity index is 424. The van der Waals surface area contributed by atoms with E-state index in [2.05, 4.69) is 26.0 Å². The third-order valence-corrected chi connectivity index (χ3v) is 2.71. The van der Waals surface area contributed by atoms with Crippen LogP contribution in [0.15, 0.2) is 35.3 Å². The zero-order valence-corrected chi connectivity index (χ0v) is 8.98. The standard InChI is InChI=1S/C9H9BrN4/c10-9-2-1-8(3-7(9)4-11)14-6-12-5-13-14/h1-3,5-6H,4,11H2. The molecule has 0 amide bonds. The van der Waals surface area contributed by atoms with Gasteiger partial charge >= 0.3 is 0 Å². The molecule has 72 valence electrons. The molecule has 0 aliphatic heterocycles. The maximum Gasteiger partial charge on any atom is 0.138 e. The summed E-state index contributed by atoms with van der Waals surface area (Å²) in [6.07, 6.45) is 3.16. The first-order valence-corrected chi connectivity index (χ1v) is 4.94. The van der Waals surface area contributed by atoms with E-state index < -0.39 is 0 Å². The minimum Gasteiger partial charge on any atom is -0.326 e. The van der Waals surface area contributed by atoms with Gasteiger partial charge in [-0.25, -0.2) is 9.67 Å². The van der Waals surface area contributed by atoms with Crippen LogP contribution < -0.4 is 5.73 Å². The van der Waals surface area contributed by atoms with Crippen molar-refractivity contribution in [2.45, 2.75) is 6.54 Å². The molecule has 0 aliphatic carbocycles. The minimum atomic E-state index is 0.503. The van der Waals surface area contributed by atoms with E-state index in [0.29, 0.717) is 6.54 Å². The van der Waals surface area contributed by atoms with E-state index in [1.165, 1.54) is 6.33 Å². The molecule has 0 bridgehead atoms. The van der Waals surface area contributed by atoms with Crippen LogP contribution in [0.2, 0.25) is 0 Å². The quantitative estimate of drug-likeness (QED) is 0.882. The first-order chi connectivity index (χ1) is 6.81. The Kier molecular flexibility index (Phi) is 2.60.